The molecule has 1 saturated carbocycles. The minimum atomic E-state index is -4.13. The average molecular weight is 308 g/mol. The van der Waals surface area contributed by atoms with E-state index in [-0.39, 0.29) is 37.2 Å². The summed E-state index contributed by atoms with van der Waals surface area (Å²) in [7, 11) is 0. The molecule has 0 aromatic heterocycles. The quantitative estimate of drug-likeness (QED) is 0.809. The lowest BCUT2D eigenvalue weighted by Gasteiger charge is -2.47. The van der Waals surface area contributed by atoms with Gasteiger partial charge in [0.2, 0.25) is 0 Å². The Morgan fingerprint density at radius 3 is 2.29 bits per heavy atom. The van der Waals surface area contributed by atoms with E-state index in [2.05, 4.69) is 0 Å². The van der Waals surface area contributed by atoms with Crippen molar-refractivity contribution in [1.29, 1.82) is 0 Å². The van der Waals surface area contributed by atoms with Gasteiger partial charge in [0.05, 0.1) is 23.7 Å². The lowest BCUT2D eigenvalue weighted by atomic mass is 9.67. The van der Waals surface area contributed by atoms with Gasteiger partial charge in [-0.15, -0.1) is 0 Å². The molecule has 1 aliphatic carbocycles. The van der Waals surface area contributed by atoms with E-state index < -0.39 is 17.7 Å². The zero-order chi connectivity index (χ0) is 15.1. The molecule has 2 saturated heterocycles. The summed E-state index contributed by atoms with van der Waals surface area (Å²) in [5.74, 6) is -1.22. The summed E-state index contributed by atoms with van der Waals surface area (Å²) >= 11 is 0. The summed E-state index contributed by atoms with van der Waals surface area (Å²) in [5.41, 5.74) is -1.26. The van der Waals surface area contributed by atoms with Crippen LogP contribution in [-0.4, -0.2) is 42.3 Å². The fraction of sp³-hybridized carbons (Fsp3) is 1.00. The Kier molecular flexibility index (Phi) is 3.99. The standard InChI is InChI=1S/C15H23F3O3/c16-15(17,18)11-1-4-14(19,5-2-11)12-3-7-21-13(9-12)6-8-20-10-13/h11-12,19H,1-10H2. The van der Waals surface area contributed by atoms with Gasteiger partial charge in [0.25, 0.3) is 0 Å². The summed E-state index contributed by atoms with van der Waals surface area (Å²) in [4.78, 5) is 0. The maximum atomic E-state index is 12.8. The molecule has 2 unspecified atom stereocenters. The molecule has 2 atom stereocenters. The molecule has 6 heteroatoms. The lowest BCUT2D eigenvalue weighted by Crippen LogP contribution is -2.51. The minimum Gasteiger partial charge on any atom is -0.390 e. The summed E-state index contributed by atoms with van der Waals surface area (Å²) in [6.45, 7) is 1.78. The van der Waals surface area contributed by atoms with Crippen LogP contribution in [0.2, 0.25) is 0 Å². The maximum Gasteiger partial charge on any atom is 0.391 e. The summed E-state index contributed by atoms with van der Waals surface area (Å²) in [6.07, 6.45) is -1.28. The van der Waals surface area contributed by atoms with Crippen LogP contribution in [0.5, 0.6) is 0 Å². The van der Waals surface area contributed by atoms with Crippen LogP contribution in [-0.2, 0) is 9.47 Å². The van der Waals surface area contributed by atoms with Crippen LogP contribution < -0.4 is 0 Å². The molecule has 2 heterocycles. The molecule has 1 N–H and O–H groups in total. The first kappa shape index (κ1) is 15.6. The Morgan fingerprint density at radius 2 is 1.71 bits per heavy atom. The number of ether oxygens (including phenoxy) is 2. The second-order valence-corrected chi connectivity index (χ2v) is 6.94. The van der Waals surface area contributed by atoms with Gasteiger partial charge < -0.3 is 14.6 Å². The van der Waals surface area contributed by atoms with Gasteiger partial charge in [0.15, 0.2) is 0 Å². The first-order chi connectivity index (χ1) is 9.83. The third kappa shape index (κ3) is 3.08. The van der Waals surface area contributed by atoms with Gasteiger partial charge in [-0.05, 0) is 44.4 Å². The SMILES string of the molecule is OC1(C2CCOC3(CCOC3)C2)CCC(C(F)(F)F)CC1. The van der Waals surface area contributed by atoms with Crippen LogP contribution in [0.25, 0.3) is 0 Å². The highest BCUT2D eigenvalue weighted by atomic mass is 19.4. The van der Waals surface area contributed by atoms with E-state index >= 15 is 0 Å². The van der Waals surface area contributed by atoms with Crippen molar-refractivity contribution >= 4 is 0 Å². The van der Waals surface area contributed by atoms with Crippen LogP contribution in [0.3, 0.4) is 0 Å². The van der Waals surface area contributed by atoms with E-state index in [9.17, 15) is 18.3 Å². The van der Waals surface area contributed by atoms with Crippen molar-refractivity contribution in [3.63, 3.8) is 0 Å². The van der Waals surface area contributed by atoms with Crippen molar-refractivity contribution in [2.45, 2.75) is 62.3 Å². The molecule has 3 rings (SSSR count). The number of hydrogen-bond donors (Lipinski definition) is 1. The van der Waals surface area contributed by atoms with Gasteiger partial charge in [-0.2, -0.15) is 13.2 Å². The first-order valence-electron chi connectivity index (χ1n) is 7.84. The molecule has 0 aromatic rings. The predicted octanol–water partition coefficient (Wildman–Crippen LogP) is 3.06. The average Bonchev–Trinajstić information content (AvgIpc) is 2.86. The molecule has 1 spiro atoms. The molecule has 0 aromatic carbocycles. The normalized spacial score (nSPS) is 45.1. The molecule has 122 valence electrons. The van der Waals surface area contributed by atoms with Crippen LogP contribution in [0.1, 0.15) is 44.9 Å². The Labute approximate surface area is 122 Å². The minimum absolute atomic E-state index is 0.0298. The molecular weight excluding hydrogens is 285 g/mol. The molecule has 3 aliphatic rings. The smallest absolute Gasteiger partial charge is 0.390 e. The number of hydrogen-bond acceptors (Lipinski definition) is 3. The van der Waals surface area contributed by atoms with Crippen LogP contribution in [0, 0.1) is 11.8 Å². The van der Waals surface area contributed by atoms with Crippen LogP contribution in [0.15, 0.2) is 0 Å². The molecule has 3 fully saturated rings. The van der Waals surface area contributed by atoms with Crippen molar-refractivity contribution in [3.05, 3.63) is 0 Å². The van der Waals surface area contributed by atoms with Crippen molar-refractivity contribution < 1.29 is 27.8 Å². The monoisotopic (exact) mass is 308 g/mol. The molecule has 21 heavy (non-hydrogen) atoms. The zero-order valence-electron chi connectivity index (χ0n) is 12.1. The lowest BCUT2D eigenvalue weighted by molar-refractivity contribution is -0.204. The van der Waals surface area contributed by atoms with Crippen molar-refractivity contribution in [2.24, 2.45) is 11.8 Å². The third-order valence-electron chi connectivity index (χ3n) is 5.63. The molecule has 0 bridgehead atoms. The van der Waals surface area contributed by atoms with Gasteiger partial charge in [0.1, 0.15) is 0 Å². The van der Waals surface area contributed by atoms with E-state index in [0.717, 1.165) is 12.8 Å². The number of alkyl halides is 3. The summed E-state index contributed by atoms with van der Waals surface area (Å²) in [6, 6.07) is 0. The Bertz CT molecular complexity index is 369. The van der Waals surface area contributed by atoms with Crippen LogP contribution >= 0.6 is 0 Å². The first-order valence-corrected chi connectivity index (χ1v) is 7.84. The largest absolute Gasteiger partial charge is 0.391 e. The predicted molar refractivity (Wildman–Crippen MR) is 69.8 cm³/mol. The Morgan fingerprint density at radius 1 is 1.00 bits per heavy atom. The summed E-state index contributed by atoms with van der Waals surface area (Å²) in [5, 5.41) is 10.9. The van der Waals surface area contributed by atoms with Gasteiger partial charge in [0, 0.05) is 19.6 Å². The van der Waals surface area contributed by atoms with Crippen molar-refractivity contribution in [2.75, 3.05) is 19.8 Å². The number of halogens is 3. The summed E-state index contributed by atoms with van der Waals surface area (Å²) < 4.78 is 49.5. The molecule has 0 radical (unpaired) electrons. The van der Waals surface area contributed by atoms with E-state index in [4.69, 9.17) is 9.47 Å². The molecular formula is C15H23F3O3. The highest BCUT2D eigenvalue weighted by molar-refractivity contribution is 4.99. The fourth-order valence-corrected chi connectivity index (χ4v) is 4.20. The second kappa shape index (κ2) is 5.39. The molecule has 3 nitrogen and oxygen atoms in total. The van der Waals surface area contributed by atoms with Crippen LogP contribution in [0.4, 0.5) is 13.2 Å². The number of aliphatic hydroxyl groups is 1. The van der Waals surface area contributed by atoms with E-state index in [1.807, 2.05) is 0 Å². The van der Waals surface area contributed by atoms with E-state index in [1.165, 1.54) is 0 Å². The van der Waals surface area contributed by atoms with Crippen molar-refractivity contribution in [1.82, 2.24) is 0 Å². The molecule has 0 amide bonds. The zero-order valence-corrected chi connectivity index (χ0v) is 12.1. The third-order valence-corrected chi connectivity index (χ3v) is 5.63. The Balaban J connectivity index is 1.63. The highest BCUT2D eigenvalue weighted by Gasteiger charge is 2.51. The van der Waals surface area contributed by atoms with E-state index in [0.29, 0.717) is 26.2 Å². The maximum absolute atomic E-state index is 12.8. The highest BCUT2D eigenvalue weighted by Crippen LogP contribution is 2.48. The van der Waals surface area contributed by atoms with E-state index in [1.54, 1.807) is 0 Å². The Hall–Kier alpha value is -0.330. The fourth-order valence-electron chi connectivity index (χ4n) is 4.20. The second-order valence-electron chi connectivity index (χ2n) is 6.94. The number of rotatable bonds is 1. The molecule has 2 aliphatic heterocycles. The van der Waals surface area contributed by atoms with Gasteiger partial charge >= 0.3 is 6.18 Å². The van der Waals surface area contributed by atoms with Crippen molar-refractivity contribution in [3.8, 4) is 0 Å². The van der Waals surface area contributed by atoms with Gasteiger partial charge in [-0.1, -0.05) is 0 Å². The van der Waals surface area contributed by atoms with Gasteiger partial charge in [-0.25, -0.2) is 0 Å². The topological polar surface area (TPSA) is 38.7 Å². The van der Waals surface area contributed by atoms with Gasteiger partial charge in [-0.3, -0.25) is 0 Å².